The number of aliphatic hydroxyl groups excluding tert-OH is 1. The van der Waals surface area contributed by atoms with Crippen LogP contribution in [0.25, 0.3) is 0 Å². The summed E-state index contributed by atoms with van der Waals surface area (Å²) < 4.78 is 37.8. The standard InChI is InChI=1S/C12H15F3N2OS/c1-8-3-2-4-9(11(16)19)10(8)17(5-6-18)7-12(13,14)15/h2-4,18H,5-7H2,1H3,(H2,16,19). The van der Waals surface area contributed by atoms with E-state index < -0.39 is 12.7 Å². The lowest BCUT2D eigenvalue weighted by Gasteiger charge is -2.28. The van der Waals surface area contributed by atoms with Crippen LogP contribution in [-0.2, 0) is 0 Å². The van der Waals surface area contributed by atoms with Crippen molar-refractivity contribution in [3.63, 3.8) is 0 Å². The Hall–Kier alpha value is -1.34. The smallest absolute Gasteiger partial charge is 0.395 e. The lowest BCUT2D eigenvalue weighted by Crippen LogP contribution is -2.38. The highest BCUT2D eigenvalue weighted by molar-refractivity contribution is 7.80. The first-order valence-corrected chi connectivity index (χ1v) is 5.99. The maximum Gasteiger partial charge on any atom is 0.405 e. The number of hydrogen-bond acceptors (Lipinski definition) is 3. The van der Waals surface area contributed by atoms with Gasteiger partial charge in [0, 0.05) is 12.1 Å². The summed E-state index contributed by atoms with van der Waals surface area (Å²) in [5, 5.41) is 8.94. The third-order valence-electron chi connectivity index (χ3n) is 2.56. The van der Waals surface area contributed by atoms with Gasteiger partial charge in [-0.15, -0.1) is 0 Å². The summed E-state index contributed by atoms with van der Waals surface area (Å²) in [6.07, 6.45) is -4.37. The van der Waals surface area contributed by atoms with E-state index in [9.17, 15) is 13.2 Å². The molecule has 0 radical (unpaired) electrons. The van der Waals surface area contributed by atoms with Gasteiger partial charge in [0.05, 0.1) is 12.3 Å². The van der Waals surface area contributed by atoms with E-state index in [4.69, 9.17) is 23.1 Å². The fourth-order valence-electron chi connectivity index (χ4n) is 1.88. The highest BCUT2D eigenvalue weighted by Gasteiger charge is 2.32. The monoisotopic (exact) mass is 292 g/mol. The van der Waals surface area contributed by atoms with Crippen LogP contribution in [0.15, 0.2) is 18.2 Å². The Kier molecular flexibility index (Phi) is 5.13. The van der Waals surface area contributed by atoms with Crippen LogP contribution in [0.5, 0.6) is 0 Å². The lowest BCUT2D eigenvalue weighted by molar-refractivity contribution is -0.119. The molecule has 0 amide bonds. The minimum atomic E-state index is -4.37. The normalized spacial score (nSPS) is 11.4. The zero-order valence-electron chi connectivity index (χ0n) is 10.4. The number of nitrogens with two attached hydrogens (primary N) is 1. The largest absolute Gasteiger partial charge is 0.405 e. The Morgan fingerprint density at radius 3 is 2.53 bits per heavy atom. The molecule has 3 N–H and O–H groups in total. The summed E-state index contributed by atoms with van der Waals surface area (Å²) in [7, 11) is 0. The van der Waals surface area contributed by atoms with Gasteiger partial charge in [0.25, 0.3) is 0 Å². The summed E-state index contributed by atoms with van der Waals surface area (Å²) in [6.45, 7) is -0.00690. The van der Waals surface area contributed by atoms with Crippen LogP contribution in [0.1, 0.15) is 11.1 Å². The van der Waals surface area contributed by atoms with E-state index in [1.807, 2.05) is 0 Å². The van der Waals surface area contributed by atoms with Gasteiger partial charge >= 0.3 is 6.18 Å². The summed E-state index contributed by atoms with van der Waals surface area (Å²) in [4.78, 5) is 1.08. The number of benzene rings is 1. The molecule has 1 aromatic carbocycles. The van der Waals surface area contributed by atoms with Crippen molar-refractivity contribution in [1.82, 2.24) is 0 Å². The van der Waals surface area contributed by atoms with Crippen molar-refractivity contribution in [2.24, 2.45) is 5.73 Å². The van der Waals surface area contributed by atoms with Crippen molar-refractivity contribution in [3.8, 4) is 0 Å². The highest BCUT2D eigenvalue weighted by Crippen LogP contribution is 2.28. The van der Waals surface area contributed by atoms with Crippen molar-refractivity contribution in [2.75, 3.05) is 24.6 Å². The Bertz CT molecular complexity index is 463. The maximum atomic E-state index is 12.6. The number of nitrogens with zero attached hydrogens (tertiary/aromatic N) is 1. The fourth-order valence-corrected chi connectivity index (χ4v) is 2.05. The van der Waals surface area contributed by atoms with Crippen LogP contribution >= 0.6 is 12.2 Å². The van der Waals surface area contributed by atoms with Gasteiger partial charge in [-0.25, -0.2) is 0 Å². The van der Waals surface area contributed by atoms with Gasteiger partial charge in [0.15, 0.2) is 0 Å². The van der Waals surface area contributed by atoms with Crippen molar-refractivity contribution < 1.29 is 18.3 Å². The van der Waals surface area contributed by atoms with E-state index in [0.29, 0.717) is 16.8 Å². The number of halogens is 3. The summed E-state index contributed by atoms with van der Waals surface area (Å²) >= 11 is 4.86. The molecule has 0 aliphatic rings. The average Bonchev–Trinajstić information content (AvgIpc) is 2.26. The quantitative estimate of drug-likeness (QED) is 0.815. The van der Waals surface area contributed by atoms with Gasteiger partial charge < -0.3 is 15.7 Å². The van der Waals surface area contributed by atoms with E-state index in [1.165, 1.54) is 0 Å². The second kappa shape index (κ2) is 6.21. The molecule has 19 heavy (non-hydrogen) atoms. The lowest BCUT2D eigenvalue weighted by atomic mass is 10.1. The molecule has 1 aromatic rings. The van der Waals surface area contributed by atoms with Crippen molar-refractivity contribution in [2.45, 2.75) is 13.1 Å². The molecule has 3 nitrogen and oxygen atoms in total. The van der Waals surface area contributed by atoms with Gasteiger partial charge in [0.2, 0.25) is 0 Å². The van der Waals surface area contributed by atoms with Crippen molar-refractivity contribution >= 4 is 22.9 Å². The molecule has 0 saturated carbocycles. The molecular formula is C12H15F3N2OS. The van der Waals surface area contributed by atoms with Crippen LogP contribution in [0.4, 0.5) is 18.9 Å². The molecule has 0 bridgehead atoms. The predicted octanol–water partition coefficient (Wildman–Crippen LogP) is 1.99. The highest BCUT2D eigenvalue weighted by atomic mass is 32.1. The Balaban J connectivity index is 3.25. The van der Waals surface area contributed by atoms with E-state index in [2.05, 4.69) is 0 Å². The second-order valence-corrected chi connectivity index (χ2v) is 4.54. The molecule has 0 saturated heterocycles. The van der Waals surface area contributed by atoms with Gasteiger partial charge in [-0.2, -0.15) is 13.2 Å². The molecule has 0 aliphatic carbocycles. The van der Waals surface area contributed by atoms with E-state index in [0.717, 1.165) is 4.90 Å². The minimum absolute atomic E-state index is 0.0313. The topological polar surface area (TPSA) is 49.5 Å². The number of rotatable bonds is 5. The van der Waals surface area contributed by atoms with Gasteiger partial charge in [-0.3, -0.25) is 0 Å². The summed E-state index contributed by atoms with van der Waals surface area (Å²) in [5.74, 6) is 0. The molecule has 0 spiro atoms. The number of para-hydroxylation sites is 1. The zero-order chi connectivity index (χ0) is 14.6. The maximum absolute atomic E-state index is 12.6. The second-order valence-electron chi connectivity index (χ2n) is 4.10. The van der Waals surface area contributed by atoms with Crippen molar-refractivity contribution in [1.29, 1.82) is 0 Å². The third-order valence-corrected chi connectivity index (χ3v) is 2.78. The third kappa shape index (κ3) is 4.36. The first-order valence-electron chi connectivity index (χ1n) is 5.58. The molecule has 7 heteroatoms. The number of aliphatic hydroxyl groups is 1. The Morgan fingerprint density at radius 1 is 1.42 bits per heavy atom. The molecule has 0 heterocycles. The van der Waals surface area contributed by atoms with Crippen molar-refractivity contribution in [3.05, 3.63) is 29.3 Å². The summed E-state index contributed by atoms with van der Waals surface area (Å²) in [5.41, 5.74) is 6.87. The molecule has 106 valence electrons. The molecule has 0 atom stereocenters. The SMILES string of the molecule is Cc1cccc(C(N)=S)c1N(CCO)CC(F)(F)F. The van der Waals surface area contributed by atoms with Crippen LogP contribution in [0.2, 0.25) is 0 Å². The number of anilines is 1. The molecule has 0 aliphatic heterocycles. The first-order chi connectivity index (χ1) is 8.76. The van der Waals surface area contributed by atoms with E-state index in [1.54, 1.807) is 25.1 Å². The van der Waals surface area contributed by atoms with Gasteiger partial charge in [-0.1, -0.05) is 24.4 Å². The molecular weight excluding hydrogens is 277 g/mol. The fraction of sp³-hybridized carbons (Fsp3) is 0.417. The first kappa shape index (κ1) is 15.7. The van der Waals surface area contributed by atoms with E-state index >= 15 is 0 Å². The number of hydrogen-bond donors (Lipinski definition) is 2. The van der Waals surface area contributed by atoms with Crippen LogP contribution in [-0.4, -0.2) is 36.0 Å². The molecule has 0 unspecified atom stereocenters. The zero-order valence-corrected chi connectivity index (χ0v) is 11.2. The number of alkyl halides is 3. The molecule has 0 fully saturated rings. The van der Waals surface area contributed by atoms with E-state index in [-0.39, 0.29) is 18.1 Å². The Labute approximate surface area is 114 Å². The average molecular weight is 292 g/mol. The summed E-state index contributed by atoms with van der Waals surface area (Å²) in [6, 6.07) is 4.93. The molecule has 1 rings (SSSR count). The predicted molar refractivity (Wildman–Crippen MR) is 72.4 cm³/mol. The minimum Gasteiger partial charge on any atom is -0.395 e. The van der Waals surface area contributed by atoms with Gasteiger partial charge in [0.1, 0.15) is 11.5 Å². The van der Waals surface area contributed by atoms with Crippen LogP contribution in [0.3, 0.4) is 0 Å². The number of aryl methyl sites for hydroxylation is 1. The number of thiocarbonyl (C=S) groups is 1. The molecule has 0 aromatic heterocycles. The van der Waals surface area contributed by atoms with Crippen LogP contribution in [0, 0.1) is 6.92 Å². The Morgan fingerprint density at radius 2 is 2.05 bits per heavy atom. The van der Waals surface area contributed by atoms with Crippen LogP contribution < -0.4 is 10.6 Å². The van der Waals surface area contributed by atoms with Gasteiger partial charge in [-0.05, 0) is 18.6 Å².